The number of carbonyl (C=O) groups excluding carboxylic acids is 1. The largest absolute Gasteiger partial charge is 0.457 e. The van der Waals surface area contributed by atoms with Crippen molar-refractivity contribution in [3.8, 4) is 11.3 Å². The maximum atomic E-state index is 12.9. The van der Waals surface area contributed by atoms with E-state index in [1.54, 1.807) is 42.5 Å². The van der Waals surface area contributed by atoms with Crippen LogP contribution in [-0.2, 0) is 4.79 Å². The van der Waals surface area contributed by atoms with Gasteiger partial charge in [-0.3, -0.25) is 19.8 Å². The van der Waals surface area contributed by atoms with Crippen LogP contribution in [0.4, 0.5) is 11.4 Å². The van der Waals surface area contributed by atoms with Gasteiger partial charge >= 0.3 is 0 Å². The van der Waals surface area contributed by atoms with Crippen LogP contribution in [-0.4, -0.2) is 15.2 Å². The summed E-state index contributed by atoms with van der Waals surface area (Å²) in [5.74, 6) is 0.549. The molecule has 0 saturated carbocycles. The van der Waals surface area contributed by atoms with Crippen LogP contribution in [0, 0.1) is 10.1 Å². The number of nitro groups is 1. The monoisotopic (exact) mass is 476 g/mol. The molecular weight excluding hydrogens is 467 g/mol. The van der Waals surface area contributed by atoms with E-state index in [-0.39, 0.29) is 15.9 Å². The van der Waals surface area contributed by atoms with Crippen LogP contribution >= 0.6 is 47.2 Å². The molecule has 0 N–H and O–H groups in total. The maximum absolute atomic E-state index is 12.9. The van der Waals surface area contributed by atoms with Gasteiger partial charge in [0.05, 0.1) is 25.6 Å². The van der Waals surface area contributed by atoms with Crippen LogP contribution in [0.1, 0.15) is 5.76 Å². The van der Waals surface area contributed by atoms with Gasteiger partial charge in [-0.25, -0.2) is 0 Å². The minimum Gasteiger partial charge on any atom is -0.457 e. The Labute approximate surface area is 190 Å². The predicted molar refractivity (Wildman–Crippen MR) is 123 cm³/mol. The topological polar surface area (TPSA) is 76.6 Å². The van der Waals surface area contributed by atoms with E-state index in [4.69, 9.17) is 39.8 Å². The number of nitro benzene ring substituents is 1. The molecule has 10 heteroatoms. The third-order valence-corrected chi connectivity index (χ3v) is 6.33. The molecule has 1 fully saturated rings. The Balaban J connectivity index is 1.63. The highest BCUT2D eigenvalue weighted by atomic mass is 35.5. The average molecular weight is 477 g/mol. The number of nitrogens with zero attached hydrogens (tertiary/aromatic N) is 2. The molecule has 4 rings (SSSR count). The molecule has 0 unspecified atom stereocenters. The van der Waals surface area contributed by atoms with Gasteiger partial charge < -0.3 is 4.42 Å². The van der Waals surface area contributed by atoms with Crippen molar-refractivity contribution in [2.24, 2.45) is 0 Å². The second-order valence-electron chi connectivity index (χ2n) is 6.10. The molecule has 1 aromatic heterocycles. The fourth-order valence-corrected chi connectivity index (χ4v) is 4.51. The number of hydrogen-bond acceptors (Lipinski definition) is 6. The third kappa shape index (κ3) is 3.87. The number of non-ortho nitro benzene ring substituents is 1. The zero-order valence-corrected chi connectivity index (χ0v) is 18.0. The molecule has 6 nitrogen and oxygen atoms in total. The normalized spacial score (nSPS) is 15.3. The highest BCUT2D eigenvalue weighted by Gasteiger charge is 2.34. The summed E-state index contributed by atoms with van der Waals surface area (Å²) in [6.07, 6.45) is 1.57. The van der Waals surface area contributed by atoms with Gasteiger partial charge in [0.2, 0.25) is 0 Å². The maximum Gasteiger partial charge on any atom is 0.271 e. The fraction of sp³-hybridized carbons (Fsp3) is 0. The first-order valence-corrected chi connectivity index (χ1v) is 10.4. The summed E-state index contributed by atoms with van der Waals surface area (Å²) in [5.41, 5.74) is 0.841. The van der Waals surface area contributed by atoms with Crippen molar-refractivity contribution in [1.29, 1.82) is 0 Å². The minimum atomic E-state index is -0.525. The summed E-state index contributed by atoms with van der Waals surface area (Å²) in [7, 11) is 0. The number of amides is 1. The lowest BCUT2D eigenvalue weighted by Crippen LogP contribution is -2.27. The Kier molecular flexibility index (Phi) is 5.66. The van der Waals surface area contributed by atoms with E-state index in [9.17, 15) is 14.9 Å². The fourth-order valence-electron chi connectivity index (χ4n) is 2.83. The van der Waals surface area contributed by atoms with Gasteiger partial charge in [0, 0.05) is 23.8 Å². The highest BCUT2D eigenvalue weighted by molar-refractivity contribution is 8.27. The molecule has 2 aromatic carbocycles. The highest BCUT2D eigenvalue weighted by Crippen LogP contribution is 2.38. The molecule has 0 aliphatic carbocycles. The van der Waals surface area contributed by atoms with Gasteiger partial charge in [0.1, 0.15) is 11.5 Å². The SMILES string of the molecule is O=C1/C(=C/c2ccc(-c3cccc(Cl)c3Cl)o2)SC(=S)N1c1cccc([N+](=O)[O-])c1. The van der Waals surface area contributed by atoms with Gasteiger partial charge in [-0.2, -0.15) is 0 Å². The number of halogens is 2. The molecule has 1 aliphatic rings. The summed E-state index contributed by atoms with van der Waals surface area (Å²) in [6, 6.07) is 14.4. The zero-order chi connectivity index (χ0) is 21.4. The Morgan fingerprint density at radius 3 is 2.67 bits per heavy atom. The van der Waals surface area contributed by atoms with Crippen molar-refractivity contribution < 1.29 is 14.1 Å². The summed E-state index contributed by atoms with van der Waals surface area (Å²) < 4.78 is 6.08. The molecular formula is C20H10Cl2N2O4S2. The number of thioether (sulfide) groups is 1. The molecule has 1 saturated heterocycles. The number of hydrogen-bond donors (Lipinski definition) is 0. The number of rotatable bonds is 4. The number of furan rings is 1. The van der Waals surface area contributed by atoms with Gasteiger partial charge in [-0.15, -0.1) is 0 Å². The van der Waals surface area contributed by atoms with E-state index in [0.717, 1.165) is 11.8 Å². The smallest absolute Gasteiger partial charge is 0.271 e. The second-order valence-corrected chi connectivity index (χ2v) is 8.56. The van der Waals surface area contributed by atoms with Gasteiger partial charge in [-0.1, -0.05) is 59.3 Å². The van der Waals surface area contributed by atoms with Crippen LogP contribution in [0.25, 0.3) is 17.4 Å². The van der Waals surface area contributed by atoms with Gasteiger partial charge in [0.25, 0.3) is 11.6 Å². The first-order valence-electron chi connectivity index (χ1n) is 8.42. The Morgan fingerprint density at radius 1 is 1.13 bits per heavy atom. The van der Waals surface area contributed by atoms with Crippen LogP contribution < -0.4 is 4.90 Å². The van der Waals surface area contributed by atoms with Crippen LogP contribution in [0.5, 0.6) is 0 Å². The van der Waals surface area contributed by atoms with Crippen molar-refractivity contribution >= 4 is 74.9 Å². The molecule has 3 aromatic rings. The van der Waals surface area contributed by atoms with Crippen molar-refractivity contribution in [3.05, 3.63) is 85.4 Å². The first kappa shape index (κ1) is 20.6. The van der Waals surface area contributed by atoms with Crippen LogP contribution in [0.3, 0.4) is 0 Å². The average Bonchev–Trinajstić information content (AvgIpc) is 3.28. The van der Waals surface area contributed by atoms with E-state index >= 15 is 0 Å². The van der Waals surface area contributed by atoms with E-state index in [1.807, 2.05) is 0 Å². The molecule has 0 atom stereocenters. The van der Waals surface area contributed by atoms with Gasteiger partial charge in [0.15, 0.2) is 4.32 Å². The van der Waals surface area contributed by atoms with Crippen molar-refractivity contribution in [3.63, 3.8) is 0 Å². The lowest BCUT2D eigenvalue weighted by molar-refractivity contribution is -0.384. The van der Waals surface area contributed by atoms with E-state index in [0.29, 0.717) is 37.7 Å². The van der Waals surface area contributed by atoms with Gasteiger partial charge in [-0.05, 0) is 30.3 Å². The third-order valence-electron chi connectivity index (χ3n) is 4.21. The lowest BCUT2D eigenvalue weighted by Gasteiger charge is -2.13. The Bertz CT molecular complexity index is 1240. The lowest BCUT2D eigenvalue weighted by atomic mass is 10.2. The minimum absolute atomic E-state index is 0.125. The van der Waals surface area contributed by atoms with E-state index in [1.165, 1.54) is 23.1 Å². The molecule has 30 heavy (non-hydrogen) atoms. The number of benzene rings is 2. The zero-order valence-electron chi connectivity index (χ0n) is 14.9. The van der Waals surface area contributed by atoms with Crippen LogP contribution in [0.15, 0.2) is 63.9 Å². The molecule has 1 aliphatic heterocycles. The van der Waals surface area contributed by atoms with Crippen molar-refractivity contribution in [1.82, 2.24) is 0 Å². The van der Waals surface area contributed by atoms with Crippen molar-refractivity contribution in [2.45, 2.75) is 0 Å². The molecule has 0 bridgehead atoms. The quantitative estimate of drug-likeness (QED) is 0.183. The van der Waals surface area contributed by atoms with E-state index in [2.05, 4.69) is 0 Å². The number of carbonyl (C=O) groups is 1. The standard InChI is InChI=1S/C20H10Cl2N2O4S2/c21-15-6-2-5-14(18(15)22)16-8-7-13(28-16)10-17-19(25)23(20(29)30-17)11-3-1-4-12(9-11)24(26)27/h1-10H/b17-10-. The van der Waals surface area contributed by atoms with E-state index < -0.39 is 4.92 Å². The summed E-state index contributed by atoms with van der Waals surface area (Å²) >= 11 is 18.7. The molecule has 0 spiro atoms. The Hall–Kier alpha value is -2.65. The summed E-state index contributed by atoms with van der Waals surface area (Å²) in [4.78, 5) is 25.0. The molecule has 0 radical (unpaired) electrons. The summed E-state index contributed by atoms with van der Waals surface area (Å²) in [5, 5.41) is 11.8. The van der Waals surface area contributed by atoms with Crippen LogP contribution in [0.2, 0.25) is 10.0 Å². The van der Waals surface area contributed by atoms with Crippen molar-refractivity contribution in [2.75, 3.05) is 4.90 Å². The second kappa shape index (κ2) is 8.23. The number of thiocarbonyl (C=S) groups is 1. The predicted octanol–water partition coefficient (Wildman–Crippen LogP) is 6.57. The molecule has 2 heterocycles. The summed E-state index contributed by atoms with van der Waals surface area (Å²) in [6.45, 7) is 0. The first-order chi connectivity index (χ1) is 14.3. The number of anilines is 1. The molecule has 150 valence electrons. The Morgan fingerprint density at radius 2 is 1.90 bits per heavy atom. The molecule has 1 amide bonds.